The third-order valence-electron chi connectivity index (χ3n) is 3.00. The lowest BCUT2D eigenvalue weighted by Gasteiger charge is -2.09. The first-order valence-electron chi connectivity index (χ1n) is 5.66. The maximum absolute atomic E-state index is 10.8. The number of para-hydroxylation sites is 1. The summed E-state index contributed by atoms with van der Waals surface area (Å²) < 4.78 is 0. The number of rotatable bonds is 5. The molecular weight excluding hydrogens is 204 g/mol. The minimum absolute atomic E-state index is 0.177. The third-order valence-corrected chi connectivity index (χ3v) is 3.00. The van der Waals surface area contributed by atoms with Crippen molar-refractivity contribution in [3.63, 3.8) is 0 Å². The number of nitrogens with zero attached hydrogens (tertiary/aromatic N) is 1. The molecule has 0 atom stereocenters. The quantitative estimate of drug-likeness (QED) is 0.612. The van der Waals surface area contributed by atoms with Crippen LogP contribution in [0.5, 0.6) is 0 Å². The van der Waals surface area contributed by atoms with Gasteiger partial charge in [-0.05, 0) is 24.8 Å². The highest BCUT2D eigenvalue weighted by molar-refractivity contribution is 5.65. The highest BCUT2D eigenvalue weighted by Gasteiger charge is 2.21. The normalized spacial score (nSPS) is 14.8. The van der Waals surface area contributed by atoms with Crippen LogP contribution in [0.4, 0.5) is 11.4 Å². The number of nitrogens with one attached hydrogen (secondary N) is 1. The SMILES string of the molecule is Cc1cccc([N+](=O)[O-])c1NCCC1CC1. The lowest BCUT2D eigenvalue weighted by Crippen LogP contribution is -2.06. The Kier molecular flexibility index (Phi) is 3.08. The second kappa shape index (κ2) is 4.51. The maximum Gasteiger partial charge on any atom is 0.292 e. The van der Waals surface area contributed by atoms with Gasteiger partial charge in [-0.2, -0.15) is 0 Å². The molecule has 1 N–H and O–H groups in total. The van der Waals surface area contributed by atoms with Gasteiger partial charge in [-0.25, -0.2) is 0 Å². The Balaban J connectivity index is 2.06. The van der Waals surface area contributed by atoms with E-state index in [-0.39, 0.29) is 10.6 Å². The second-order valence-corrected chi connectivity index (χ2v) is 4.38. The molecule has 4 heteroatoms. The van der Waals surface area contributed by atoms with E-state index in [2.05, 4.69) is 5.32 Å². The topological polar surface area (TPSA) is 55.2 Å². The van der Waals surface area contributed by atoms with Gasteiger partial charge in [-0.15, -0.1) is 0 Å². The first kappa shape index (κ1) is 10.9. The molecule has 1 aromatic rings. The van der Waals surface area contributed by atoms with Crippen molar-refractivity contribution in [2.45, 2.75) is 26.2 Å². The molecule has 4 nitrogen and oxygen atoms in total. The molecule has 2 rings (SSSR count). The molecular formula is C12H16N2O2. The van der Waals surface area contributed by atoms with Gasteiger partial charge in [0, 0.05) is 12.6 Å². The van der Waals surface area contributed by atoms with Crippen LogP contribution in [0.15, 0.2) is 18.2 Å². The van der Waals surface area contributed by atoms with E-state index >= 15 is 0 Å². The van der Waals surface area contributed by atoms with E-state index in [0.29, 0.717) is 5.69 Å². The Bertz CT molecular complexity index is 400. The zero-order chi connectivity index (χ0) is 11.5. The molecule has 1 aliphatic carbocycles. The van der Waals surface area contributed by atoms with Gasteiger partial charge in [0.2, 0.25) is 0 Å². The predicted molar refractivity (Wildman–Crippen MR) is 63.7 cm³/mol. The van der Waals surface area contributed by atoms with E-state index in [1.807, 2.05) is 13.0 Å². The third kappa shape index (κ3) is 2.51. The molecule has 1 aromatic carbocycles. The van der Waals surface area contributed by atoms with Crippen molar-refractivity contribution in [1.29, 1.82) is 0 Å². The van der Waals surface area contributed by atoms with Gasteiger partial charge in [0.05, 0.1) is 4.92 Å². The number of anilines is 1. The van der Waals surface area contributed by atoms with E-state index in [9.17, 15) is 10.1 Å². The summed E-state index contributed by atoms with van der Waals surface area (Å²) in [6, 6.07) is 5.17. The predicted octanol–water partition coefficient (Wildman–Crippen LogP) is 3.12. The summed E-state index contributed by atoms with van der Waals surface area (Å²) in [6.07, 6.45) is 3.75. The summed E-state index contributed by atoms with van der Waals surface area (Å²) in [6.45, 7) is 2.73. The number of nitro benzene ring substituents is 1. The molecule has 0 saturated heterocycles. The van der Waals surface area contributed by atoms with Crippen molar-refractivity contribution in [2.75, 3.05) is 11.9 Å². The Morgan fingerprint density at radius 3 is 2.88 bits per heavy atom. The number of hydrogen-bond acceptors (Lipinski definition) is 3. The molecule has 86 valence electrons. The summed E-state index contributed by atoms with van der Waals surface area (Å²) >= 11 is 0. The van der Waals surface area contributed by atoms with E-state index in [0.717, 1.165) is 24.4 Å². The smallest absolute Gasteiger partial charge is 0.292 e. The van der Waals surface area contributed by atoms with Crippen molar-refractivity contribution in [2.24, 2.45) is 5.92 Å². The fourth-order valence-corrected chi connectivity index (χ4v) is 1.84. The fraction of sp³-hybridized carbons (Fsp3) is 0.500. The van der Waals surface area contributed by atoms with Crippen molar-refractivity contribution in [3.05, 3.63) is 33.9 Å². The molecule has 0 aromatic heterocycles. The number of nitro groups is 1. The van der Waals surface area contributed by atoms with Gasteiger partial charge in [-0.1, -0.05) is 25.0 Å². The Morgan fingerprint density at radius 1 is 1.50 bits per heavy atom. The van der Waals surface area contributed by atoms with Crippen molar-refractivity contribution in [3.8, 4) is 0 Å². The lowest BCUT2D eigenvalue weighted by atomic mass is 10.1. The standard InChI is InChI=1S/C12H16N2O2/c1-9-3-2-4-11(14(15)16)12(9)13-8-7-10-5-6-10/h2-4,10,13H,5-8H2,1H3. The van der Waals surface area contributed by atoms with Gasteiger partial charge in [0.25, 0.3) is 5.69 Å². The Morgan fingerprint density at radius 2 is 2.25 bits per heavy atom. The van der Waals surface area contributed by atoms with Crippen molar-refractivity contribution < 1.29 is 4.92 Å². The van der Waals surface area contributed by atoms with E-state index in [1.54, 1.807) is 12.1 Å². The molecule has 1 saturated carbocycles. The van der Waals surface area contributed by atoms with Crippen LogP contribution in [-0.4, -0.2) is 11.5 Å². The molecule has 0 bridgehead atoms. The minimum atomic E-state index is -0.327. The van der Waals surface area contributed by atoms with E-state index < -0.39 is 0 Å². The number of hydrogen-bond donors (Lipinski definition) is 1. The monoisotopic (exact) mass is 220 g/mol. The average Bonchev–Trinajstić information content (AvgIpc) is 3.04. The second-order valence-electron chi connectivity index (χ2n) is 4.38. The molecule has 0 aliphatic heterocycles. The summed E-state index contributed by atoms with van der Waals surface area (Å²) in [5.41, 5.74) is 1.79. The molecule has 16 heavy (non-hydrogen) atoms. The molecule has 0 amide bonds. The summed E-state index contributed by atoms with van der Waals surface area (Å²) in [4.78, 5) is 10.5. The van der Waals surface area contributed by atoms with Crippen LogP contribution in [0, 0.1) is 23.0 Å². The van der Waals surface area contributed by atoms with Crippen LogP contribution in [0.2, 0.25) is 0 Å². The van der Waals surface area contributed by atoms with Crippen molar-refractivity contribution >= 4 is 11.4 Å². The fourth-order valence-electron chi connectivity index (χ4n) is 1.84. The van der Waals surface area contributed by atoms with Crippen LogP contribution in [-0.2, 0) is 0 Å². The molecule has 1 aliphatic rings. The van der Waals surface area contributed by atoms with Crippen LogP contribution in [0.3, 0.4) is 0 Å². The molecule has 1 fully saturated rings. The van der Waals surface area contributed by atoms with E-state index in [4.69, 9.17) is 0 Å². The molecule has 0 heterocycles. The molecule has 0 unspecified atom stereocenters. The molecule has 0 spiro atoms. The van der Waals surface area contributed by atoms with Crippen LogP contribution in [0.1, 0.15) is 24.8 Å². The van der Waals surface area contributed by atoms with Gasteiger partial charge < -0.3 is 5.32 Å². The maximum atomic E-state index is 10.8. The zero-order valence-corrected chi connectivity index (χ0v) is 9.40. The van der Waals surface area contributed by atoms with Gasteiger partial charge in [-0.3, -0.25) is 10.1 Å². The van der Waals surface area contributed by atoms with Gasteiger partial charge >= 0.3 is 0 Å². The largest absolute Gasteiger partial charge is 0.379 e. The Labute approximate surface area is 94.8 Å². The number of aryl methyl sites for hydroxylation is 1. The van der Waals surface area contributed by atoms with Gasteiger partial charge in [0.1, 0.15) is 5.69 Å². The highest BCUT2D eigenvalue weighted by Crippen LogP contribution is 2.33. The van der Waals surface area contributed by atoms with Gasteiger partial charge in [0.15, 0.2) is 0 Å². The van der Waals surface area contributed by atoms with Crippen LogP contribution in [0.25, 0.3) is 0 Å². The first-order valence-corrected chi connectivity index (χ1v) is 5.66. The minimum Gasteiger partial charge on any atom is -0.379 e. The summed E-state index contributed by atoms with van der Waals surface area (Å²) in [7, 11) is 0. The zero-order valence-electron chi connectivity index (χ0n) is 9.40. The first-order chi connectivity index (χ1) is 7.68. The average molecular weight is 220 g/mol. The Hall–Kier alpha value is -1.58. The number of benzene rings is 1. The highest BCUT2D eigenvalue weighted by atomic mass is 16.6. The van der Waals surface area contributed by atoms with Crippen molar-refractivity contribution in [1.82, 2.24) is 0 Å². The summed E-state index contributed by atoms with van der Waals surface area (Å²) in [5, 5.41) is 14.0. The van der Waals surface area contributed by atoms with Crippen LogP contribution < -0.4 is 5.32 Å². The summed E-state index contributed by atoms with van der Waals surface area (Å²) in [5.74, 6) is 0.843. The lowest BCUT2D eigenvalue weighted by molar-refractivity contribution is -0.384. The molecule has 0 radical (unpaired) electrons. The van der Waals surface area contributed by atoms with Crippen LogP contribution >= 0.6 is 0 Å². The van der Waals surface area contributed by atoms with E-state index in [1.165, 1.54) is 12.8 Å².